The maximum atomic E-state index is 12.4. The molecule has 0 spiro atoms. The van der Waals surface area contributed by atoms with Crippen LogP contribution in [0.3, 0.4) is 0 Å². The molecule has 2 amide bonds. The van der Waals surface area contributed by atoms with Gasteiger partial charge in [0.15, 0.2) is 0 Å². The molecule has 1 aromatic rings. The molecule has 0 aromatic carbocycles. The average Bonchev–Trinajstić information content (AvgIpc) is 2.73. The molecule has 148 valence electrons. The lowest BCUT2D eigenvalue weighted by atomic mass is 9.97. The van der Waals surface area contributed by atoms with E-state index in [9.17, 15) is 9.59 Å². The number of nitrogens with one attached hydrogen (secondary N) is 1. The van der Waals surface area contributed by atoms with Gasteiger partial charge in [-0.15, -0.1) is 0 Å². The van der Waals surface area contributed by atoms with Gasteiger partial charge in [0.2, 0.25) is 0 Å². The van der Waals surface area contributed by atoms with Crippen LogP contribution in [-0.2, 0) is 16.1 Å². The predicted molar refractivity (Wildman–Crippen MR) is 103 cm³/mol. The number of piperidine rings is 2. The Morgan fingerprint density at radius 3 is 2.52 bits per heavy atom. The van der Waals surface area contributed by atoms with Gasteiger partial charge in [0.1, 0.15) is 5.82 Å². The minimum atomic E-state index is -0.141. The Morgan fingerprint density at radius 2 is 1.89 bits per heavy atom. The van der Waals surface area contributed by atoms with Crippen LogP contribution in [0.5, 0.6) is 0 Å². The molecule has 2 saturated heterocycles. The van der Waals surface area contributed by atoms with Crippen molar-refractivity contribution in [3.63, 3.8) is 0 Å². The number of hydrogen-bond acceptors (Lipinski definition) is 5. The first-order chi connectivity index (χ1) is 13.2. The van der Waals surface area contributed by atoms with Crippen LogP contribution in [0.15, 0.2) is 18.3 Å². The minimum Gasteiger partial charge on any atom is -0.466 e. The zero-order valence-corrected chi connectivity index (χ0v) is 16.2. The van der Waals surface area contributed by atoms with E-state index in [0.717, 1.165) is 24.5 Å². The fourth-order valence-corrected chi connectivity index (χ4v) is 3.70. The Kier molecular flexibility index (Phi) is 6.90. The second-order valence-corrected chi connectivity index (χ2v) is 7.24. The van der Waals surface area contributed by atoms with Crippen molar-refractivity contribution >= 4 is 17.8 Å². The molecule has 0 radical (unpaired) electrons. The van der Waals surface area contributed by atoms with Crippen LogP contribution in [-0.4, -0.2) is 54.7 Å². The standard InChI is InChI=1S/C20H30N4O3/c1-2-27-19(25)17-8-12-24(13-9-17)20(26)22-15-16-6-7-18(21-14-16)23-10-4-3-5-11-23/h6-7,14,17H,2-5,8-13,15H2,1H3,(H,22,26). The van der Waals surface area contributed by atoms with Gasteiger partial charge in [-0.3, -0.25) is 4.79 Å². The van der Waals surface area contributed by atoms with E-state index in [4.69, 9.17) is 4.74 Å². The Hall–Kier alpha value is -2.31. The van der Waals surface area contributed by atoms with Crippen molar-refractivity contribution in [2.45, 2.75) is 45.6 Å². The molecule has 3 rings (SSSR count). The number of urea groups is 1. The number of rotatable bonds is 5. The lowest BCUT2D eigenvalue weighted by Gasteiger charge is -2.31. The fourth-order valence-electron chi connectivity index (χ4n) is 3.70. The first-order valence-electron chi connectivity index (χ1n) is 10.1. The van der Waals surface area contributed by atoms with Crippen LogP contribution in [0.2, 0.25) is 0 Å². The number of anilines is 1. The molecule has 2 fully saturated rings. The average molecular weight is 374 g/mol. The van der Waals surface area contributed by atoms with Crippen molar-refractivity contribution in [1.29, 1.82) is 0 Å². The number of ether oxygens (including phenoxy) is 1. The summed E-state index contributed by atoms with van der Waals surface area (Å²) >= 11 is 0. The van der Waals surface area contributed by atoms with E-state index < -0.39 is 0 Å². The van der Waals surface area contributed by atoms with E-state index in [2.05, 4.69) is 15.2 Å². The van der Waals surface area contributed by atoms with Crippen molar-refractivity contribution in [2.24, 2.45) is 5.92 Å². The van der Waals surface area contributed by atoms with Crippen LogP contribution in [0.25, 0.3) is 0 Å². The summed E-state index contributed by atoms with van der Waals surface area (Å²) in [7, 11) is 0. The summed E-state index contributed by atoms with van der Waals surface area (Å²) in [5, 5.41) is 2.95. The fraction of sp³-hybridized carbons (Fsp3) is 0.650. The summed E-state index contributed by atoms with van der Waals surface area (Å²) in [4.78, 5) is 32.8. The Balaban J connectivity index is 1.42. The molecule has 2 aliphatic rings. The SMILES string of the molecule is CCOC(=O)C1CCN(C(=O)NCc2ccc(N3CCCCC3)nc2)CC1. The Bertz CT molecular complexity index is 621. The molecule has 27 heavy (non-hydrogen) atoms. The van der Waals surface area contributed by atoms with E-state index in [1.165, 1.54) is 19.3 Å². The van der Waals surface area contributed by atoms with Gasteiger partial charge in [-0.05, 0) is 50.7 Å². The molecule has 0 atom stereocenters. The van der Waals surface area contributed by atoms with E-state index in [0.29, 0.717) is 39.1 Å². The summed E-state index contributed by atoms with van der Waals surface area (Å²) in [6, 6.07) is 3.99. The number of nitrogens with zero attached hydrogens (tertiary/aromatic N) is 3. The molecule has 3 heterocycles. The number of likely N-dealkylation sites (tertiary alicyclic amines) is 1. The topological polar surface area (TPSA) is 74.8 Å². The molecular weight excluding hydrogens is 344 g/mol. The third-order valence-corrected chi connectivity index (χ3v) is 5.34. The molecule has 0 saturated carbocycles. The summed E-state index contributed by atoms with van der Waals surface area (Å²) in [6.07, 6.45) is 6.93. The number of esters is 1. The molecule has 1 aromatic heterocycles. The molecule has 2 aliphatic heterocycles. The normalized spacial score (nSPS) is 18.3. The molecule has 7 nitrogen and oxygen atoms in total. The van der Waals surface area contributed by atoms with Gasteiger partial charge in [-0.2, -0.15) is 0 Å². The first kappa shape index (κ1) is 19.5. The molecular formula is C20H30N4O3. The van der Waals surface area contributed by atoms with Gasteiger partial charge in [-0.25, -0.2) is 9.78 Å². The zero-order chi connectivity index (χ0) is 19.1. The number of carbonyl (C=O) groups is 2. The van der Waals surface area contributed by atoms with Crippen molar-refractivity contribution in [2.75, 3.05) is 37.7 Å². The van der Waals surface area contributed by atoms with E-state index in [1.807, 2.05) is 25.3 Å². The lowest BCUT2D eigenvalue weighted by Crippen LogP contribution is -2.45. The van der Waals surface area contributed by atoms with Gasteiger partial charge in [0, 0.05) is 38.9 Å². The largest absolute Gasteiger partial charge is 0.466 e. The first-order valence-corrected chi connectivity index (χ1v) is 10.1. The van der Waals surface area contributed by atoms with Crippen LogP contribution < -0.4 is 10.2 Å². The number of amides is 2. The highest BCUT2D eigenvalue weighted by atomic mass is 16.5. The lowest BCUT2D eigenvalue weighted by molar-refractivity contribution is -0.149. The van der Waals surface area contributed by atoms with Crippen molar-refractivity contribution in [3.05, 3.63) is 23.9 Å². The van der Waals surface area contributed by atoms with Crippen molar-refractivity contribution in [3.8, 4) is 0 Å². The molecule has 0 aliphatic carbocycles. The summed E-state index contributed by atoms with van der Waals surface area (Å²) in [6.45, 7) is 6.00. The summed E-state index contributed by atoms with van der Waals surface area (Å²) < 4.78 is 5.07. The Morgan fingerprint density at radius 1 is 1.15 bits per heavy atom. The molecule has 0 unspecified atom stereocenters. The quantitative estimate of drug-likeness (QED) is 0.802. The van der Waals surface area contributed by atoms with Crippen molar-refractivity contribution in [1.82, 2.24) is 15.2 Å². The highest BCUT2D eigenvalue weighted by Crippen LogP contribution is 2.19. The van der Waals surface area contributed by atoms with E-state index in [-0.39, 0.29) is 17.9 Å². The van der Waals surface area contributed by atoms with Crippen molar-refractivity contribution < 1.29 is 14.3 Å². The maximum Gasteiger partial charge on any atom is 0.317 e. The van der Waals surface area contributed by atoms with E-state index >= 15 is 0 Å². The smallest absolute Gasteiger partial charge is 0.317 e. The number of pyridine rings is 1. The summed E-state index contributed by atoms with van der Waals surface area (Å²) in [5.41, 5.74) is 0.991. The monoisotopic (exact) mass is 374 g/mol. The van der Waals surface area contributed by atoms with Crippen LogP contribution >= 0.6 is 0 Å². The number of hydrogen-bond donors (Lipinski definition) is 1. The second-order valence-electron chi connectivity index (χ2n) is 7.24. The molecule has 7 heteroatoms. The van der Waals surface area contributed by atoms with Crippen LogP contribution in [0, 0.1) is 5.92 Å². The maximum absolute atomic E-state index is 12.4. The number of carbonyl (C=O) groups excluding carboxylic acids is 2. The van der Waals surface area contributed by atoms with Crippen LogP contribution in [0.4, 0.5) is 10.6 Å². The molecule has 0 bridgehead atoms. The second kappa shape index (κ2) is 9.58. The van der Waals surface area contributed by atoms with Gasteiger partial charge in [0.25, 0.3) is 0 Å². The third-order valence-electron chi connectivity index (χ3n) is 5.34. The van der Waals surface area contributed by atoms with Gasteiger partial charge >= 0.3 is 12.0 Å². The number of aromatic nitrogens is 1. The highest BCUT2D eigenvalue weighted by molar-refractivity contribution is 5.76. The van der Waals surface area contributed by atoms with E-state index in [1.54, 1.807) is 4.90 Å². The predicted octanol–water partition coefficient (Wildman–Crippen LogP) is 2.56. The highest BCUT2D eigenvalue weighted by Gasteiger charge is 2.28. The van der Waals surface area contributed by atoms with Crippen LogP contribution in [0.1, 0.15) is 44.6 Å². The third kappa shape index (κ3) is 5.34. The summed E-state index contributed by atoms with van der Waals surface area (Å²) in [5.74, 6) is 0.795. The van der Waals surface area contributed by atoms with Gasteiger partial charge in [0.05, 0.1) is 12.5 Å². The zero-order valence-electron chi connectivity index (χ0n) is 16.2. The molecule has 1 N–H and O–H groups in total. The van der Waals surface area contributed by atoms with Gasteiger partial charge in [-0.1, -0.05) is 6.07 Å². The van der Waals surface area contributed by atoms with Gasteiger partial charge < -0.3 is 19.9 Å². The Labute approximate surface area is 161 Å². The minimum absolute atomic E-state index is 0.0828.